The average molecular weight is 1550 g/mol. The maximum Gasteiger partial charge on any atom is 0.230 e. The zero-order chi connectivity index (χ0) is 76.7. The number of rotatable bonds is 18. The number of carbonyl (C=O) groups excluding carboxylic acids is 5. The van der Waals surface area contributed by atoms with Gasteiger partial charge in [0.05, 0.1) is 41.5 Å². The summed E-state index contributed by atoms with van der Waals surface area (Å²) in [7, 11) is 0. The standard InChI is InChI=1S/C18H16N2O4S.C17H20N2O4S.C16H18N2O3S.C12H13N3O3S.C11H10N2O3S/c21-9-12-3-1-11(2-4-12)7-17(24)20-18-19-15(10-25-18)14-6-5-13(22)8-16(14)23;20-8-10-1-3-11(4-2-10)16(23)19-17-18-14(9-24-17)13-6-5-12(21)7-15(13)22;19-11-6-7-12(14(20)8-11)13-9-22-16(17-13)18-15(21)10-4-2-1-3-5-10;13-4-3-11(18)15-12-14-9(6-19-12)8-2-1-7(16)5-10(8)17;1-6(14)12-11-13-9(5-17-11)8-3-2-7(15)4-10(8)16/h1-6,8,10,21-23H,7,9H2,(H,19,20,24);5-7,9-11,20-22H,1-4,8H2,(H,18,19,23);6-10,19-20H,1-5H2,(H,17,18,21);1-2,5-6,16-17H,3-4,13H2,(H,14,15,18);2-5,15-16H,1H3,(H,12,13,14). The number of hydrogen-bond donors (Lipinski definition) is 18. The van der Waals surface area contributed by atoms with Gasteiger partial charge in [0, 0.05) is 123 Å². The molecule has 0 radical (unpaired) electrons. The van der Waals surface area contributed by atoms with Crippen molar-refractivity contribution in [3.05, 3.63) is 153 Å². The van der Waals surface area contributed by atoms with Crippen molar-refractivity contribution in [3.8, 4) is 114 Å². The number of hydrogen-bond acceptors (Lipinski definition) is 28. The molecule has 33 heteroatoms. The van der Waals surface area contributed by atoms with Crippen LogP contribution in [0.15, 0.2) is 142 Å². The van der Waals surface area contributed by atoms with Gasteiger partial charge in [0.25, 0.3) is 0 Å². The maximum atomic E-state index is 12.3. The minimum atomic E-state index is -0.201. The first-order chi connectivity index (χ1) is 51.4. The van der Waals surface area contributed by atoms with Gasteiger partial charge >= 0.3 is 0 Å². The van der Waals surface area contributed by atoms with Crippen LogP contribution in [0.4, 0.5) is 25.7 Å². The number of aromatic hydroxyl groups is 10. The number of phenolic OH excluding ortho intramolecular Hbond substituents is 10. The Labute approximate surface area is 632 Å². The molecule has 0 bridgehead atoms. The van der Waals surface area contributed by atoms with Crippen molar-refractivity contribution in [2.24, 2.45) is 23.5 Å². The Hall–Kier alpha value is -11.3. The van der Waals surface area contributed by atoms with Crippen LogP contribution in [0.5, 0.6) is 57.5 Å². The molecular formula is C74H77N11O17S5. The monoisotopic (exact) mass is 1550 g/mol. The van der Waals surface area contributed by atoms with E-state index in [-0.39, 0.29) is 131 Å². The van der Waals surface area contributed by atoms with Crippen molar-refractivity contribution in [1.82, 2.24) is 24.9 Å². The Kier molecular flexibility index (Phi) is 28.8. The van der Waals surface area contributed by atoms with E-state index in [2.05, 4.69) is 51.5 Å². The average Bonchev–Trinajstić information content (AvgIpc) is 1.31. The summed E-state index contributed by atoms with van der Waals surface area (Å²) in [5.41, 5.74) is 12.2. The van der Waals surface area contributed by atoms with Gasteiger partial charge in [-0.1, -0.05) is 43.5 Å². The van der Waals surface area contributed by atoms with Crippen molar-refractivity contribution < 1.29 is 85.3 Å². The molecule has 2 aliphatic rings. The van der Waals surface area contributed by atoms with Crippen molar-refractivity contribution >= 4 is 112 Å². The highest BCUT2D eigenvalue weighted by Crippen LogP contribution is 2.40. The zero-order valence-corrected chi connectivity index (χ0v) is 61.3. The Balaban J connectivity index is 0.000000155. The summed E-state index contributed by atoms with van der Waals surface area (Å²) in [4.78, 5) is 80.2. The van der Waals surface area contributed by atoms with Crippen LogP contribution < -0.4 is 32.3 Å². The van der Waals surface area contributed by atoms with Crippen LogP contribution in [0, 0.1) is 17.8 Å². The van der Waals surface area contributed by atoms with Crippen molar-refractivity contribution in [1.29, 1.82) is 0 Å². The molecule has 0 spiro atoms. The van der Waals surface area contributed by atoms with Gasteiger partial charge in [0.2, 0.25) is 29.5 Å². The third kappa shape index (κ3) is 23.6. The van der Waals surface area contributed by atoms with Crippen LogP contribution in [0.25, 0.3) is 56.3 Å². The largest absolute Gasteiger partial charge is 0.508 e. The normalized spacial score (nSPS) is 13.8. The molecule has 0 atom stereocenters. The topological polar surface area (TPSA) is 479 Å². The number of anilines is 5. The number of aliphatic hydroxyl groups excluding tert-OH is 2. The molecule has 560 valence electrons. The fraction of sp³-hybridized carbons (Fsp3) is 0.243. The van der Waals surface area contributed by atoms with Gasteiger partial charge in [-0.2, -0.15) is 0 Å². The van der Waals surface area contributed by atoms with E-state index >= 15 is 0 Å². The van der Waals surface area contributed by atoms with E-state index in [4.69, 9.17) is 15.9 Å². The van der Waals surface area contributed by atoms with E-state index in [1.54, 1.807) is 81.5 Å². The smallest absolute Gasteiger partial charge is 0.230 e. The molecule has 0 unspecified atom stereocenters. The summed E-state index contributed by atoms with van der Waals surface area (Å²) in [5, 5.41) is 138. The number of benzene rings is 6. The molecule has 107 heavy (non-hydrogen) atoms. The molecule has 13 rings (SSSR count). The minimum Gasteiger partial charge on any atom is -0.508 e. The fourth-order valence-electron chi connectivity index (χ4n) is 10.9. The zero-order valence-electron chi connectivity index (χ0n) is 57.3. The SMILES string of the molecule is CC(=O)Nc1nc(-c2ccc(O)cc2O)cs1.NCCC(=O)Nc1nc(-c2ccc(O)cc2O)cs1.O=C(Cc1ccc(CO)cc1)Nc1nc(-c2ccc(O)cc2O)cs1.O=C(Nc1nc(-c2ccc(O)cc2O)cs1)C1CCC(CO)CC1.O=C(Nc1nc(-c2ccc(O)cc2O)cs1)C1CCCCC1. The van der Waals surface area contributed by atoms with E-state index in [9.17, 15) is 75.0 Å². The molecular weight excluding hydrogens is 1480 g/mol. The molecule has 5 amide bonds. The van der Waals surface area contributed by atoms with Crippen LogP contribution in [0.2, 0.25) is 0 Å². The second-order valence-electron chi connectivity index (χ2n) is 24.4. The number of aliphatic hydroxyl groups is 2. The number of carbonyl (C=O) groups is 5. The number of phenols is 10. The fourth-order valence-corrected chi connectivity index (χ4v) is 14.6. The van der Waals surface area contributed by atoms with Gasteiger partial charge in [0.1, 0.15) is 57.5 Å². The number of aromatic nitrogens is 5. The maximum absolute atomic E-state index is 12.3. The highest BCUT2D eigenvalue weighted by molar-refractivity contribution is 7.15. The van der Waals surface area contributed by atoms with Gasteiger partial charge < -0.3 is 93.6 Å². The van der Waals surface area contributed by atoms with Gasteiger partial charge in [-0.05, 0) is 116 Å². The lowest BCUT2D eigenvalue weighted by molar-refractivity contribution is -0.121. The van der Waals surface area contributed by atoms with E-state index in [0.29, 0.717) is 87.9 Å². The van der Waals surface area contributed by atoms with Gasteiger partial charge in [-0.15, -0.1) is 56.7 Å². The van der Waals surface area contributed by atoms with Gasteiger partial charge in [-0.25, -0.2) is 24.9 Å². The summed E-state index contributed by atoms with van der Waals surface area (Å²) in [5.74, 6) is -0.583. The highest BCUT2D eigenvalue weighted by atomic mass is 32.1. The van der Waals surface area contributed by atoms with Crippen LogP contribution in [0.3, 0.4) is 0 Å². The third-order valence-electron chi connectivity index (χ3n) is 16.4. The summed E-state index contributed by atoms with van der Waals surface area (Å²) in [6.07, 6.45) is 9.09. The lowest BCUT2D eigenvalue weighted by Crippen LogP contribution is -2.28. The number of nitrogens with zero attached hydrogens (tertiary/aromatic N) is 5. The lowest BCUT2D eigenvalue weighted by Gasteiger charge is -2.25. The molecule has 2 saturated carbocycles. The Morgan fingerprint density at radius 2 is 0.701 bits per heavy atom. The number of amides is 5. The molecule has 5 heterocycles. The summed E-state index contributed by atoms with van der Waals surface area (Å²) in [6, 6.07) is 28.6. The second-order valence-corrected chi connectivity index (χ2v) is 28.7. The minimum absolute atomic E-state index is 0.00213. The third-order valence-corrected chi connectivity index (χ3v) is 20.2. The Bertz CT molecular complexity index is 4840. The predicted octanol–water partition coefficient (Wildman–Crippen LogP) is 13.3. The lowest BCUT2D eigenvalue weighted by atomic mass is 9.82. The predicted molar refractivity (Wildman–Crippen MR) is 412 cm³/mol. The first-order valence-electron chi connectivity index (χ1n) is 33.3. The van der Waals surface area contributed by atoms with Crippen molar-refractivity contribution in [2.45, 2.75) is 84.2 Å². The van der Waals surface area contributed by atoms with Crippen molar-refractivity contribution in [2.75, 3.05) is 39.7 Å². The van der Waals surface area contributed by atoms with Crippen LogP contribution in [0.1, 0.15) is 82.3 Å². The van der Waals surface area contributed by atoms with Crippen LogP contribution in [-0.4, -0.2) is 129 Å². The van der Waals surface area contributed by atoms with Gasteiger partial charge in [-0.3, -0.25) is 24.0 Å². The molecule has 0 saturated heterocycles. The van der Waals surface area contributed by atoms with Crippen molar-refractivity contribution in [3.63, 3.8) is 0 Å². The molecule has 2 aliphatic carbocycles. The molecule has 0 aliphatic heterocycles. The number of thiazole rings is 5. The van der Waals surface area contributed by atoms with E-state index < -0.39 is 0 Å². The Morgan fingerprint density at radius 3 is 1.01 bits per heavy atom. The molecule has 28 nitrogen and oxygen atoms in total. The quantitative estimate of drug-likeness (QED) is 0.0379. The highest BCUT2D eigenvalue weighted by Gasteiger charge is 2.27. The van der Waals surface area contributed by atoms with E-state index in [1.807, 2.05) is 0 Å². The molecule has 2 fully saturated rings. The first-order valence-corrected chi connectivity index (χ1v) is 37.7. The molecule has 19 N–H and O–H groups in total. The second kappa shape index (κ2) is 38.6. The Morgan fingerprint density at radius 1 is 0.393 bits per heavy atom. The number of nitrogens with one attached hydrogen (secondary N) is 5. The van der Waals surface area contributed by atoms with Crippen LogP contribution >= 0.6 is 56.7 Å². The number of nitrogens with two attached hydrogens (primary N) is 1. The van der Waals surface area contributed by atoms with E-state index in [0.717, 1.165) is 62.5 Å². The summed E-state index contributed by atoms with van der Waals surface area (Å²) < 4.78 is 0. The molecule has 6 aromatic carbocycles. The summed E-state index contributed by atoms with van der Waals surface area (Å²) >= 11 is 6.41. The van der Waals surface area contributed by atoms with E-state index in [1.165, 1.54) is 131 Å². The first kappa shape index (κ1) is 79.8. The van der Waals surface area contributed by atoms with Gasteiger partial charge in [0.15, 0.2) is 25.7 Å². The summed E-state index contributed by atoms with van der Waals surface area (Å²) in [6.45, 7) is 1.85. The molecule has 11 aromatic rings. The molecule has 5 aromatic heterocycles. The van der Waals surface area contributed by atoms with Crippen LogP contribution in [-0.2, 0) is 37.0 Å².